The summed E-state index contributed by atoms with van der Waals surface area (Å²) in [5.41, 5.74) is -0.686. The minimum absolute atomic E-state index is 0. The zero-order chi connectivity index (χ0) is 13.5. The average molecular weight is 272 g/mol. The Balaban J connectivity index is -0.00000128. The fraction of sp³-hybridized carbons (Fsp3) is 0.600. The molecule has 4 heteroatoms. The van der Waals surface area contributed by atoms with Gasteiger partial charge in [0, 0.05) is 0 Å². The SMILES string of the molecule is C.C.CC=CC=C(C(=O)OC)C(C)(CC)C(=O)OC. The Morgan fingerprint density at radius 2 is 1.68 bits per heavy atom. The second-order valence-electron chi connectivity index (χ2n) is 3.77. The molecule has 112 valence electrons. The number of carbonyl (C=O) groups excluding carboxylic acids is 2. The van der Waals surface area contributed by atoms with Gasteiger partial charge in [0.25, 0.3) is 0 Å². The summed E-state index contributed by atoms with van der Waals surface area (Å²) in [6, 6.07) is 0. The molecule has 0 radical (unpaired) electrons. The third-order valence-corrected chi connectivity index (χ3v) is 2.80. The molecule has 0 aromatic heterocycles. The van der Waals surface area contributed by atoms with Crippen LogP contribution in [-0.4, -0.2) is 26.2 Å². The Bertz CT molecular complexity index is 342. The number of hydrogen-bond acceptors (Lipinski definition) is 4. The zero-order valence-electron chi connectivity index (χ0n) is 11.1. The zero-order valence-corrected chi connectivity index (χ0v) is 11.1. The van der Waals surface area contributed by atoms with E-state index in [0.29, 0.717) is 12.0 Å². The van der Waals surface area contributed by atoms with Crippen molar-refractivity contribution in [2.24, 2.45) is 5.41 Å². The molecule has 0 aliphatic rings. The van der Waals surface area contributed by atoms with Crippen molar-refractivity contribution in [2.75, 3.05) is 14.2 Å². The summed E-state index contributed by atoms with van der Waals surface area (Å²) >= 11 is 0. The van der Waals surface area contributed by atoms with Crippen LogP contribution in [0.3, 0.4) is 0 Å². The monoisotopic (exact) mass is 272 g/mol. The van der Waals surface area contributed by atoms with Crippen molar-refractivity contribution in [3.8, 4) is 0 Å². The molecule has 1 unspecified atom stereocenters. The molecule has 0 saturated carbocycles. The summed E-state index contributed by atoms with van der Waals surface area (Å²) in [5.74, 6) is -0.959. The van der Waals surface area contributed by atoms with Crippen LogP contribution < -0.4 is 0 Å². The summed E-state index contributed by atoms with van der Waals surface area (Å²) < 4.78 is 9.45. The third-order valence-electron chi connectivity index (χ3n) is 2.80. The average Bonchev–Trinajstić information content (AvgIpc) is 2.36. The Labute approximate surface area is 117 Å². The maximum Gasteiger partial charge on any atom is 0.334 e. The van der Waals surface area contributed by atoms with Crippen LogP contribution in [0.15, 0.2) is 23.8 Å². The second-order valence-corrected chi connectivity index (χ2v) is 3.77. The molecular formula is C15H28O4. The molecule has 0 bridgehead atoms. The lowest BCUT2D eigenvalue weighted by Gasteiger charge is -2.26. The largest absolute Gasteiger partial charge is 0.468 e. The Kier molecular flexibility index (Phi) is 12.3. The molecule has 0 aromatic carbocycles. The van der Waals surface area contributed by atoms with E-state index in [9.17, 15) is 9.59 Å². The quantitative estimate of drug-likeness (QED) is 0.436. The predicted molar refractivity (Wildman–Crippen MR) is 78.8 cm³/mol. The van der Waals surface area contributed by atoms with Gasteiger partial charge < -0.3 is 9.47 Å². The fourth-order valence-corrected chi connectivity index (χ4v) is 1.45. The summed E-state index contributed by atoms with van der Waals surface area (Å²) in [7, 11) is 2.60. The van der Waals surface area contributed by atoms with Crippen LogP contribution >= 0.6 is 0 Å². The van der Waals surface area contributed by atoms with E-state index in [1.54, 1.807) is 25.2 Å². The number of carbonyl (C=O) groups is 2. The molecule has 0 heterocycles. The van der Waals surface area contributed by atoms with E-state index >= 15 is 0 Å². The number of esters is 2. The highest BCUT2D eigenvalue weighted by Gasteiger charge is 2.40. The lowest BCUT2D eigenvalue weighted by atomic mass is 9.79. The van der Waals surface area contributed by atoms with Gasteiger partial charge in [0.05, 0.1) is 25.2 Å². The first-order valence-corrected chi connectivity index (χ1v) is 5.48. The van der Waals surface area contributed by atoms with Crippen LogP contribution in [-0.2, 0) is 19.1 Å². The van der Waals surface area contributed by atoms with E-state index < -0.39 is 17.4 Å². The van der Waals surface area contributed by atoms with E-state index in [4.69, 9.17) is 9.47 Å². The van der Waals surface area contributed by atoms with Gasteiger partial charge in [-0.3, -0.25) is 4.79 Å². The smallest absolute Gasteiger partial charge is 0.334 e. The molecule has 0 aromatic rings. The van der Waals surface area contributed by atoms with Gasteiger partial charge in [-0.2, -0.15) is 0 Å². The number of ether oxygens (including phenoxy) is 2. The highest BCUT2D eigenvalue weighted by atomic mass is 16.5. The van der Waals surface area contributed by atoms with Gasteiger partial charge in [-0.15, -0.1) is 0 Å². The van der Waals surface area contributed by atoms with Gasteiger partial charge in [-0.05, 0) is 20.3 Å². The van der Waals surface area contributed by atoms with Crippen molar-refractivity contribution in [3.63, 3.8) is 0 Å². The lowest BCUT2D eigenvalue weighted by Crippen LogP contribution is -2.34. The molecular weight excluding hydrogens is 244 g/mol. The molecule has 0 N–H and O–H groups in total. The van der Waals surface area contributed by atoms with Crippen LogP contribution in [0.25, 0.3) is 0 Å². The maximum absolute atomic E-state index is 11.8. The molecule has 0 spiro atoms. The summed E-state index contributed by atoms with van der Waals surface area (Å²) in [4.78, 5) is 23.5. The van der Waals surface area contributed by atoms with Crippen LogP contribution in [0, 0.1) is 5.41 Å². The van der Waals surface area contributed by atoms with Gasteiger partial charge in [0.1, 0.15) is 0 Å². The molecule has 4 nitrogen and oxygen atoms in total. The van der Waals surface area contributed by atoms with Crippen molar-refractivity contribution in [1.82, 2.24) is 0 Å². The van der Waals surface area contributed by atoms with E-state index in [0.717, 1.165) is 0 Å². The number of methoxy groups -OCH3 is 2. The van der Waals surface area contributed by atoms with E-state index in [1.165, 1.54) is 14.2 Å². The minimum Gasteiger partial charge on any atom is -0.468 e. The molecule has 0 aliphatic carbocycles. The van der Waals surface area contributed by atoms with Gasteiger partial charge in [0.2, 0.25) is 0 Å². The molecule has 0 amide bonds. The normalized spacial score (nSPS) is 13.8. The minimum atomic E-state index is -0.985. The van der Waals surface area contributed by atoms with E-state index in [1.807, 2.05) is 13.8 Å². The van der Waals surface area contributed by atoms with Crippen LogP contribution in [0.1, 0.15) is 42.0 Å². The predicted octanol–water partition coefficient (Wildman–Crippen LogP) is 3.52. The van der Waals surface area contributed by atoms with Gasteiger partial charge in [-0.25, -0.2) is 4.79 Å². The molecule has 0 rings (SSSR count). The lowest BCUT2D eigenvalue weighted by molar-refractivity contribution is -0.153. The molecule has 19 heavy (non-hydrogen) atoms. The summed E-state index contributed by atoms with van der Waals surface area (Å²) in [6.07, 6.45) is 5.52. The van der Waals surface area contributed by atoms with Crippen LogP contribution in [0.2, 0.25) is 0 Å². The Morgan fingerprint density at radius 1 is 1.16 bits per heavy atom. The van der Waals surface area contributed by atoms with Gasteiger partial charge in [-0.1, -0.05) is 40.0 Å². The Hall–Kier alpha value is -1.58. The first kappa shape index (κ1) is 22.6. The van der Waals surface area contributed by atoms with Crippen molar-refractivity contribution in [3.05, 3.63) is 23.8 Å². The molecule has 1 atom stereocenters. The standard InChI is InChI=1S/C13H20O4.2CH4/c1-6-8-9-10(11(14)16-4)13(3,7-2)12(15)17-5;;/h6,8-9H,7H2,1-5H3;2*1H4. The summed E-state index contributed by atoms with van der Waals surface area (Å²) in [6.45, 7) is 5.32. The van der Waals surface area contributed by atoms with Crippen LogP contribution in [0.4, 0.5) is 0 Å². The van der Waals surface area contributed by atoms with E-state index in [2.05, 4.69) is 0 Å². The highest BCUT2D eigenvalue weighted by molar-refractivity contribution is 5.98. The fourth-order valence-electron chi connectivity index (χ4n) is 1.45. The number of rotatable bonds is 5. The highest BCUT2D eigenvalue weighted by Crippen LogP contribution is 2.33. The third kappa shape index (κ3) is 5.28. The first-order chi connectivity index (χ1) is 7.97. The Morgan fingerprint density at radius 3 is 2.00 bits per heavy atom. The van der Waals surface area contributed by atoms with Crippen molar-refractivity contribution >= 4 is 11.9 Å². The summed E-state index contributed by atoms with van der Waals surface area (Å²) in [5, 5.41) is 0. The number of hydrogen-bond donors (Lipinski definition) is 0. The van der Waals surface area contributed by atoms with Crippen LogP contribution in [0.5, 0.6) is 0 Å². The van der Waals surface area contributed by atoms with E-state index in [-0.39, 0.29) is 14.9 Å². The topological polar surface area (TPSA) is 52.6 Å². The first-order valence-electron chi connectivity index (χ1n) is 5.48. The molecule has 0 saturated heterocycles. The second kappa shape index (κ2) is 10.4. The van der Waals surface area contributed by atoms with Crippen molar-refractivity contribution in [2.45, 2.75) is 42.0 Å². The van der Waals surface area contributed by atoms with Crippen molar-refractivity contribution in [1.29, 1.82) is 0 Å². The van der Waals surface area contributed by atoms with Gasteiger partial charge >= 0.3 is 11.9 Å². The number of allylic oxidation sites excluding steroid dienone is 3. The molecule has 0 aliphatic heterocycles. The van der Waals surface area contributed by atoms with Crippen molar-refractivity contribution < 1.29 is 19.1 Å². The van der Waals surface area contributed by atoms with Gasteiger partial charge in [0.15, 0.2) is 0 Å². The maximum atomic E-state index is 11.8. The molecule has 0 fully saturated rings.